The average molecular weight is 478 g/mol. The Morgan fingerprint density at radius 3 is 2.15 bits per heavy atom. The Balaban J connectivity index is 1.43. The van der Waals surface area contributed by atoms with Crippen molar-refractivity contribution in [1.82, 2.24) is 14.9 Å². The largest absolute Gasteiger partial charge is 0.355 e. The third-order valence-corrected chi connectivity index (χ3v) is 8.72. The topological polar surface area (TPSA) is 95.6 Å². The zero-order valence-electron chi connectivity index (χ0n) is 20.2. The van der Waals surface area contributed by atoms with Crippen LogP contribution in [-0.2, 0) is 25.0 Å². The standard InChI is InChI=1S/C25H39N3O4S/c1-25(2,3)20-9-11-22(12-10-20)33(31,32)28-17-14-19(15-18-28)24(30)26-16-13-23(29)27-21-7-5-4-6-8-21/h9-12,19,21H,4-8,13-18H2,1-3H3,(H,26,30)(H,27,29). The molecule has 1 saturated carbocycles. The maximum Gasteiger partial charge on any atom is 0.243 e. The lowest BCUT2D eigenvalue weighted by atomic mass is 9.87. The van der Waals surface area contributed by atoms with Gasteiger partial charge in [0.05, 0.1) is 4.90 Å². The predicted molar refractivity (Wildman–Crippen MR) is 129 cm³/mol. The number of benzene rings is 1. The summed E-state index contributed by atoms with van der Waals surface area (Å²) in [6, 6.07) is 7.37. The van der Waals surface area contributed by atoms with Crippen molar-refractivity contribution in [2.75, 3.05) is 19.6 Å². The number of amides is 2. The molecule has 1 aliphatic carbocycles. The molecule has 0 radical (unpaired) electrons. The first-order chi connectivity index (χ1) is 15.6. The van der Waals surface area contributed by atoms with Gasteiger partial charge < -0.3 is 10.6 Å². The number of piperidine rings is 1. The van der Waals surface area contributed by atoms with Gasteiger partial charge in [0.2, 0.25) is 21.8 Å². The third kappa shape index (κ3) is 7.03. The maximum absolute atomic E-state index is 13.0. The van der Waals surface area contributed by atoms with E-state index < -0.39 is 10.0 Å². The molecule has 0 spiro atoms. The molecule has 1 aliphatic heterocycles. The maximum atomic E-state index is 13.0. The molecule has 2 aliphatic rings. The van der Waals surface area contributed by atoms with Gasteiger partial charge in [-0.1, -0.05) is 52.2 Å². The van der Waals surface area contributed by atoms with E-state index in [1.165, 1.54) is 23.6 Å². The molecule has 1 aromatic rings. The summed E-state index contributed by atoms with van der Waals surface area (Å²) >= 11 is 0. The first-order valence-corrected chi connectivity index (χ1v) is 13.7. The molecule has 184 valence electrons. The fraction of sp³-hybridized carbons (Fsp3) is 0.680. The van der Waals surface area contributed by atoms with Crippen LogP contribution < -0.4 is 10.6 Å². The van der Waals surface area contributed by atoms with E-state index in [0.29, 0.717) is 37.4 Å². The van der Waals surface area contributed by atoms with Crippen molar-refractivity contribution >= 4 is 21.8 Å². The molecule has 0 aromatic heterocycles. The van der Waals surface area contributed by atoms with Gasteiger partial charge in [0.25, 0.3) is 0 Å². The monoisotopic (exact) mass is 477 g/mol. The molecule has 2 amide bonds. The fourth-order valence-corrected chi connectivity index (χ4v) is 6.09. The van der Waals surface area contributed by atoms with Crippen molar-refractivity contribution in [3.8, 4) is 0 Å². The van der Waals surface area contributed by atoms with Gasteiger partial charge in [-0.2, -0.15) is 4.31 Å². The van der Waals surface area contributed by atoms with E-state index in [1.807, 2.05) is 12.1 Å². The molecule has 0 unspecified atom stereocenters. The predicted octanol–water partition coefficient (Wildman–Crippen LogP) is 3.34. The number of nitrogens with one attached hydrogen (secondary N) is 2. The Bertz CT molecular complexity index is 908. The smallest absolute Gasteiger partial charge is 0.243 e. The SMILES string of the molecule is CC(C)(C)c1ccc(S(=O)(=O)N2CCC(C(=O)NCCC(=O)NC3CCCCC3)CC2)cc1. The molecule has 2 fully saturated rings. The van der Waals surface area contributed by atoms with E-state index in [-0.39, 0.29) is 35.6 Å². The number of sulfonamides is 1. The van der Waals surface area contributed by atoms with E-state index in [9.17, 15) is 18.0 Å². The zero-order chi connectivity index (χ0) is 24.1. The van der Waals surface area contributed by atoms with Crippen LogP contribution in [0.1, 0.15) is 77.7 Å². The van der Waals surface area contributed by atoms with Gasteiger partial charge in [-0.3, -0.25) is 9.59 Å². The Kier molecular flexibility index (Phi) is 8.56. The summed E-state index contributed by atoms with van der Waals surface area (Å²) < 4.78 is 27.5. The molecule has 1 aromatic carbocycles. The van der Waals surface area contributed by atoms with Gasteiger partial charge in [0.1, 0.15) is 0 Å². The van der Waals surface area contributed by atoms with Gasteiger partial charge in [0, 0.05) is 38.0 Å². The number of hydrogen-bond acceptors (Lipinski definition) is 4. The first kappa shape index (κ1) is 25.7. The number of rotatable bonds is 7. The lowest BCUT2D eigenvalue weighted by molar-refractivity contribution is -0.126. The van der Waals surface area contributed by atoms with Crippen molar-refractivity contribution in [3.05, 3.63) is 29.8 Å². The van der Waals surface area contributed by atoms with Gasteiger partial charge in [-0.25, -0.2) is 8.42 Å². The van der Waals surface area contributed by atoms with Gasteiger partial charge in [0.15, 0.2) is 0 Å². The molecular formula is C25H39N3O4S. The number of nitrogens with zero attached hydrogens (tertiary/aromatic N) is 1. The molecule has 3 rings (SSSR count). The normalized spacial score (nSPS) is 19.2. The van der Waals surface area contributed by atoms with Crippen LogP contribution in [0, 0.1) is 5.92 Å². The first-order valence-electron chi connectivity index (χ1n) is 12.2. The van der Waals surface area contributed by atoms with Crippen LogP contribution in [0.15, 0.2) is 29.2 Å². The minimum Gasteiger partial charge on any atom is -0.355 e. The summed E-state index contributed by atoms with van der Waals surface area (Å²) in [4.78, 5) is 24.9. The van der Waals surface area contributed by atoms with Gasteiger partial charge in [-0.05, 0) is 48.8 Å². The summed E-state index contributed by atoms with van der Waals surface area (Å²) in [7, 11) is -3.57. The van der Waals surface area contributed by atoms with Crippen molar-refractivity contribution in [2.45, 2.75) is 88.5 Å². The van der Waals surface area contributed by atoms with Crippen molar-refractivity contribution in [3.63, 3.8) is 0 Å². The number of hydrogen-bond donors (Lipinski definition) is 2. The molecule has 2 N–H and O–H groups in total. The quantitative estimate of drug-likeness (QED) is 0.630. The fourth-order valence-electron chi connectivity index (χ4n) is 4.62. The van der Waals surface area contributed by atoms with E-state index in [4.69, 9.17) is 0 Å². The van der Waals surface area contributed by atoms with E-state index in [1.54, 1.807) is 12.1 Å². The molecule has 0 atom stereocenters. The van der Waals surface area contributed by atoms with E-state index in [2.05, 4.69) is 31.4 Å². The summed E-state index contributed by atoms with van der Waals surface area (Å²) in [5.41, 5.74) is 1.05. The molecule has 1 saturated heterocycles. The lowest BCUT2D eigenvalue weighted by Gasteiger charge is -2.30. The summed E-state index contributed by atoms with van der Waals surface area (Å²) in [5.74, 6) is -0.325. The zero-order valence-corrected chi connectivity index (χ0v) is 21.0. The van der Waals surface area contributed by atoms with Crippen LogP contribution in [0.3, 0.4) is 0 Å². The Hall–Kier alpha value is -1.93. The highest BCUT2D eigenvalue weighted by atomic mass is 32.2. The van der Waals surface area contributed by atoms with Crippen LogP contribution in [-0.4, -0.2) is 50.2 Å². The van der Waals surface area contributed by atoms with Crippen LogP contribution in [0.25, 0.3) is 0 Å². The second kappa shape index (κ2) is 11.0. The summed E-state index contributed by atoms with van der Waals surface area (Å²) in [6.07, 6.45) is 6.90. The lowest BCUT2D eigenvalue weighted by Crippen LogP contribution is -2.43. The molecule has 1 heterocycles. The minimum atomic E-state index is -3.57. The van der Waals surface area contributed by atoms with Crippen molar-refractivity contribution in [1.29, 1.82) is 0 Å². The van der Waals surface area contributed by atoms with Crippen LogP contribution in [0.4, 0.5) is 0 Å². The third-order valence-electron chi connectivity index (χ3n) is 6.80. The second-order valence-electron chi connectivity index (χ2n) is 10.4. The van der Waals surface area contributed by atoms with Crippen molar-refractivity contribution in [2.24, 2.45) is 5.92 Å². The average Bonchev–Trinajstić information content (AvgIpc) is 2.79. The summed E-state index contributed by atoms with van der Waals surface area (Å²) in [5, 5.41) is 5.92. The highest BCUT2D eigenvalue weighted by molar-refractivity contribution is 7.89. The van der Waals surface area contributed by atoms with Gasteiger partial charge in [-0.15, -0.1) is 0 Å². The Labute approximate surface area is 198 Å². The van der Waals surface area contributed by atoms with Gasteiger partial charge >= 0.3 is 0 Å². The summed E-state index contributed by atoms with van der Waals surface area (Å²) in [6.45, 7) is 7.24. The van der Waals surface area contributed by atoms with Crippen molar-refractivity contribution < 1.29 is 18.0 Å². The minimum absolute atomic E-state index is 0.0133. The molecule has 7 nitrogen and oxygen atoms in total. The molecule has 0 bridgehead atoms. The van der Waals surface area contributed by atoms with Crippen LogP contribution in [0.2, 0.25) is 0 Å². The van der Waals surface area contributed by atoms with Crippen LogP contribution in [0.5, 0.6) is 0 Å². The highest BCUT2D eigenvalue weighted by Crippen LogP contribution is 2.27. The molecule has 8 heteroatoms. The number of carbonyl (C=O) groups excluding carboxylic acids is 2. The Morgan fingerprint density at radius 2 is 1.58 bits per heavy atom. The number of carbonyl (C=O) groups is 2. The van der Waals surface area contributed by atoms with E-state index >= 15 is 0 Å². The van der Waals surface area contributed by atoms with Crippen LogP contribution >= 0.6 is 0 Å². The Morgan fingerprint density at radius 1 is 0.970 bits per heavy atom. The van der Waals surface area contributed by atoms with E-state index in [0.717, 1.165) is 18.4 Å². The highest BCUT2D eigenvalue weighted by Gasteiger charge is 2.32. The second-order valence-corrected chi connectivity index (χ2v) is 12.3. The molecule has 33 heavy (non-hydrogen) atoms. The molecular weight excluding hydrogens is 438 g/mol.